The molecule has 0 atom stereocenters. The Morgan fingerprint density at radius 3 is 2.54 bits per heavy atom. The number of carbonyl (C=O) groups is 2. The summed E-state index contributed by atoms with van der Waals surface area (Å²) in [6, 6.07) is 14.1. The molecule has 1 heterocycles. The van der Waals surface area contributed by atoms with Crippen molar-refractivity contribution < 1.29 is 14.5 Å². The van der Waals surface area contributed by atoms with Crippen LogP contribution >= 0.6 is 11.6 Å². The Labute approximate surface area is 157 Å². The van der Waals surface area contributed by atoms with Crippen LogP contribution in [0.4, 0.5) is 10.5 Å². The molecule has 4 N–H and O–H groups in total. The summed E-state index contributed by atoms with van der Waals surface area (Å²) < 4.78 is 0. The summed E-state index contributed by atoms with van der Waals surface area (Å²) in [5.74, 6) is -0.0278. The van der Waals surface area contributed by atoms with Crippen molar-refractivity contribution >= 4 is 29.2 Å². The lowest BCUT2D eigenvalue weighted by molar-refractivity contribution is -0.917. The van der Waals surface area contributed by atoms with Gasteiger partial charge < -0.3 is 20.9 Å². The molecule has 1 aliphatic rings. The average molecular weight is 374 g/mol. The molecule has 0 unspecified atom stereocenters. The number of urea groups is 1. The van der Waals surface area contributed by atoms with Crippen LogP contribution in [0.1, 0.15) is 15.9 Å². The first kappa shape index (κ1) is 18.2. The lowest BCUT2D eigenvalue weighted by Gasteiger charge is -2.32. The zero-order valence-corrected chi connectivity index (χ0v) is 15.1. The first-order valence-corrected chi connectivity index (χ1v) is 8.93. The Hall–Kier alpha value is -2.57. The van der Waals surface area contributed by atoms with E-state index in [1.54, 1.807) is 24.3 Å². The molecular formula is C19H22ClN4O2+. The van der Waals surface area contributed by atoms with Crippen molar-refractivity contribution in [2.45, 2.75) is 6.54 Å². The molecule has 0 saturated carbocycles. The maximum Gasteiger partial charge on any atom is 0.316 e. The number of halogens is 1. The fourth-order valence-electron chi connectivity index (χ4n) is 3.19. The Kier molecular flexibility index (Phi) is 5.75. The molecule has 7 heteroatoms. The summed E-state index contributed by atoms with van der Waals surface area (Å²) in [6.07, 6.45) is 0. The number of nitrogens with one attached hydrogen (secondary N) is 2. The lowest BCUT2D eigenvalue weighted by atomic mass is 10.1. The van der Waals surface area contributed by atoms with E-state index in [0.717, 1.165) is 24.7 Å². The molecule has 3 amide bonds. The SMILES string of the molecule is NC(=O)Nc1cccc(C(=O)N2CC[NH+](Cc3cccc(Cl)c3)CC2)c1. The molecule has 3 rings (SSSR count). The molecule has 1 aliphatic heterocycles. The average Bonchev–Trinajstić information content (AvgIpc) is 2.61. The van der Waals surface area contributed by atoms with Gasteiger partial charge in [0.2, 0.25) is 0 Å². The Bertz CT molecular complexity index is 804. The van der Waals surface area contributed by atoms with Crippen molar-refractivity contribution in [3.05, 3.63) is 64.7 Å². The molecule has 1 fully saturated rings. The third kappa shape index (κ3) is 4.74. The molecule has 26 heavy (non-hydrogen) atoms. The van der Waals surface area contributed by atoms with Gasteiger partial charge in [0.15, 0.2) is 0 Å². The van der Waals surface area contributed by atoms with E-state index in [2.05, 4.69) is 11.4 Å². The minimum Gasteiger partial charge on any atom is -0.351 e. The van der Waals surface area contributed by atoms with Gasteiger partial charge in [0.25, 0.3) is 5.91 Å². The number of amides is 3. The van der Waals surface area contributed by atoms with E-state index in [1.807, 2.05) is 23.1 Å². The normalized spacial score (nSPS) is 14.9. The molecule has 0 radical (unpaired) electrons. The summed E-state index contributed by atoms with van der Waals surface area (Å²) >= 11 is 6.04. The number of hydrogen-bond acceptors (Lipinski definition) is 2. The number of primary amides is 1. The fourth-order valence-corrected chi connectivity index (χ4v) is 3.41. The molecule has 0 aromatic heterocycles. The van der Waals surface area contributed by atoms with Crippen molar-refractivity contribution in [1.29, 1.82) is 0 Å². The highest BCUT2D eigenvalue weighted by atomic mass is 35.5. The minimum absolute atomic E-state index is 0.0278. The molecular weight excluding hydrogens is 352 g/mol. The molecule has 6 nitrogen and oxygen atoms in total. The van der Waals surface area contributed by atoms with Gasteiger partial charge in [-0.05, 0) is 30.3 Å². The van der Waals surface area contributed by atoms with Gasteiger partial charge in [-0.1, -0.05) is 29.8 Å². The van der Waals surface area contributed by atoms with E-state index in [-0.39, 0.29) is 5.91 Å². The van der Waals surface area contributed by atoms with Crippen LogP contribution in [-0.2, 0) is 6.54 Å². The Morgan fingerprint density at radius 2 is 1.85 bits per heavy atom. The lowest BCUT2D eigenvalue weighted by Crippen LogP contribution is -3.13. The molecule has 2 aromatic rings. The number of quaternary nitrogens is 1. The van der Waals surface area contributed by atoms with E-state index in [0.29, 0.717) is 24.3 Å². The molecule has 1 saturated heterocycles. The number of benzene rings is 2. The maximum absolute atomic E-state index is 12.7. The molecule has 2 aromatic carbocycles. The molecule has 0 bridgehead atoms. The van der Waals surface area contributed by atoms with Crippen LogP contribution in [0.15, 0.2) is 48.5 Å². The molecule has 136 valence electrons. The van der Waals surface area contributed by atoms with Gasteiger partial charge in [-0.25, -0.2) is 4.79 Å². The van der Waals surface area contributed by atoms with Crippen molar-refractivity contribution in [1.82, 2.24) is 4.90 Å². The smallest absolute Gasteiger partial charge is 0.316 e. The van der Waals surface area contributed by atoms with Crippen LogP contribution in [0.2, 0.25) is 5.02 Å². The van der Waals surface area contributed by atoms with E-state index < -0.39 is 6.03 Å². The van der Waals surface area contributed by atoms with Gasteiger partial charge in [-0.2, -0.15) is 0 Å². The molecule has 0 spiro atoms. The quantitative estimate of drug-likeness (QED) is 0.756. The van der Waals surface area contributed by atoms with E-state index in [1.165, 1.54) is 10.5 Å². The summed E-state index contributed by atoms with van der Waals surface area (Å²) in [7, 11) is 0. The second-order valence-electron chi connectivity index (χ2n) is 6.42. The largest absolute Gasteiger partial charge is 0.351 e. The predicted molar refractivity (Wildman–Crippen MR) is 101 cm³/mol. The maximum atomic E-state index is 12.7. The molecule has 0 aliphatic carbocycles. The minimum atomic E-state index is -0.646. The zero-order valence-electron chi connectivity index (χ0n) is 14.4. The van der Waals surface area contributed by atoms with Crippen molar-refractivity contribution in [3.8, 4) is 0 Å². The third-order valence-corrected chi connectivity index (χ3v) is 4.71. The zero-order chi connectivity index (χ0) is 18.5. The van der Waals surface area contributed by atoms with Gasteiger partial charge in [-0.3, -0.25) is 4.79 Å². The van der Waals surface area contributed by atoms with Crippen molar-refractivity contribution in [3.63, 3.8) is 0 Å². The number of nitrogens with two attached hydrogens (primary N) is 1. The van der Waals surface area contributed by atoms with Gasteiger partial charge in [0.1, 0.15) is 6.54 Å². The Morgan fingerprint density at radius 1 is 1.12 bits per heavy atom. The number of anilines is 1. The Balaban J connectivity index is 1.57. The van der Waals surface area contributed by atoms with Crippen LogP contribution in [-0.4, -0.2) is 43.0 Å². The number of carbonyl (C=O) groups excluding carboxylic acids is 2. The number of hydrogen-bond donors (Lipinski definition) is 3. The highest BCUT2D eigenvalue weighted by molar-refractivity contribution is 6.30. The van der Waals surface area contributed by atoms with E-state index in [4.69, 9.17) is 17.3 Å². The van der Waals surface area contributed by atoms with Crippen LogP contribution in [0.3, 0.4) is 0 Å². The van der Waals surface area contributed by atoms with Crippen LogP contribution < -0.4 is 16.0 Å². The topological polar surface area (TPSA) is 79.9 Å². The summed E-state index contributed by atoms with van der Waals surface area (Å²) in [5, 5.41) is 3.25. The predicted octanol–water partition coefficient (Wildman–Crippen LogP) is 1.37. The number of rotatable bonds is 4. The second kappa shape index (κ2) is 8.21. The van der Waals surface area contributed by atoms with E-state index in [9.17, 15) is 9.59 Å². The third-order valence-electron chi connectivity index (χ3n) is 4.48. The first-order valence-electron chi connectivity index (χ1n) is 8.55. The standard InChI is InChI=1S/C19H21ClN4O2/c20-16-5-1-3-14(11-16)13-23-7-9-24(10-8-23)18(25)15-4-2-6-17(12-15)22-19(21)26/h1-6,11-12H,7-10,13H2,(H3,21,22,26)/p+1. The summed E-state index contributed by atoms with van der Waals surface area (Å²) in [5.41, 5.74) is 7.40. The summed E-state index contributed by atoms with van der Waals surface area (Å²) in [6.45, 7) is 4.07. The monoisotopic (exact) mass is 373 g/mol. The second-order valence-corrected chi connectivity index (χ2v) is 6.86. The van der Waals surface area contributed by atoms with Crippen molar-refractivity contribution in [2.24, 2.45) is 5.73 Å². The number of piperazine rings is 1. The highest BCUT2D eigenvalue weighted by Crippen LogP contribution is 2.13. The number of nitrogens with zero attached hydrogens (tertiary/aromatic N) is 1. The van der Waals surface area contributed by atoms with Gasteiger partial charge in [-0.15, -0.1) is 0 Å². The van der Waals surface area contributed by atoms with Gasteiger partial charge in [0, 0.05) is 21.8 Å². The van der Waals surface area contributed by atoms with Crippen LogP contribution in [0.5, 0.6) is 0 Å². The van der Waals surface area contributed by atoms with Gasteiger partial charge in [0.05, 0.1) is 26.2 Å². The van der Waals surface area contributed by atoms with Gasteiger partial charge >= 0.3 is 6.03 Å². The first-order chi connectivity index (χ1) is 12.5. The highest BCUT2D eigenvalue weighted by Gasteiger charge is 2.24. The van der Waals surface area contributed by atoms with Crippen molar-refractivity contribution in [2.75, 3.05) is 31.5 Å². The van der Waals surface area contributed by atoms with Crippen LogP contribution in [0, 0.1) is 0 Å². The fraction of sp³-hybridized carbons (Fsp3) is 0.263. The van der Waals surface area contributed by atoms with E-state index >= 15 is 0 Å². The summed E-state index contributed by atoms with van der Waals surface area (Å²) in [4.78, 5) is 26.9. The van der Waals surface area contributed by atoms with Crippen LogP contribution in [0.25, 0.3) is 0 Å².